The smallest absolute Gasteiger partial charge is 0.279 e. The first kappa shape index (κ1) is 37.9. The van der Waals surface area contributed by atoms with Crippen molar-refractivity contribution in [3.8, 4) is 0 Å². The lowest BCUT2D eigenvalue weighted by Crippen LogP contribution is -2.61. The summed E-state index contributed by atoms with van der Waals surface area (Å²) in [5.74, 6) is 0.462. The number of sulfonamides is 1. The molecule has 48 heavy (non-hydrogen) atoms. The van der Waals surface area contributed by atoms with Gasteiger partial charge in [0.05, 0.1) is 36.3 Å². The number of unbranched alkanes of at least 4 members (excludes halogenated alkanes) is 1. The lowest BCUT2D eigenvalue weighted by Gasteiger charge is -2.43. The Balaban J connectivity index is 1.61. The van der Waals surface area contributed by atoms with Crippen LogP contribution in [0, 0.1) is 11.3 Å². The predicted octanol–water partition coefficient (Wildman–Crippen LogP) is 3.30. The molecule has 4 rings (SSSR count). The molecule has 266 valence electrons. The van der Waals surface area contributed by atoms with Crippen LogP contribution in [0.15, 0.2) is 59.5 Å². The monoisotopic (exact) mass is 705 g/mol. The Morgan fingerprint density at radius 2 is 1.90 bits per heavy atom. The SMILES string of the molecule is CCSC(=O)NCCCCC(C)(C)CN(C[C@@H](O)[C@H](Cc1ccccc1)N(C(=O)[O-])[C@H]1CO[C@H]2OCC[C@H]21)S(=O)(=O)c1cccc(N)c1. The van der Waals surface area contributed by atoms with Crippen molar-refractivity contribution in [2.45, 2.75) is 82.2 Å². The number of rotatable bonds is 17. The summed E-state index contributed by atoms with van der Waals surface area (Å²) in [5, 5.41) is 27.7. The number of nitrogens with one attached hydrogen (secondary N) is 1. The van der Waals surface area contributed by atoms with Gasteiger partial charge in [0.2, 0.25) is 10.0 Å². The summed E-state index contributed by atoms with van der Waals surface area (Å²) in [6, 6.07) is 13.5. The zero-order chi connectivity index (χ0) is 34.9. The molecule has 12 nitrogen and oxygen atoms in total. The Bertz CT molecular complexity index is 1460. The van der Waals surface area contributed by atoms with Crippen molar-refractivity contribution >= 4 is 38.8 Å². The predicted molar refractivity (Wildman–Crippen MR) is 184 cm³/mol. The highest BCUT2D eigenvalue weighted by atomic mass is 32.2. The maximum Gasteiger partial charge on any atom is 0.279 e. The summed E-state index contributed by atoms with van der Waals surface area (Å²) in [5.41, 5.74) is 6.49. The van der Waals surface area contributed by atoms with Crippen LogP contribution in [0.5, 0.6) is 0 Å². The van der Waals surface area contributed by atoms with Crippen LogP contribution >= 0.6 is 11.8 Å². The number of nitrogens with two attached hydrogens (primary N) is 1. The summed E-state index contributed by atoms with van der Waals surface area (Å²) in [4.78, 5) is 25.8. The van der Waals surface area contributed by atoms with E-state index in [9.17, 15) is 28.2 Å². The quantitative estimate of drug-likeness (QED) is 0.164. The Kier molecular flexibility index (Phi) is 13.6. The Hall–Kier alpha value is -2.88. The molecule has 2 fully saturated rings. The third-order valence-corrected chi connectivity index (χ3v) is 11.5. The molecule has 5 atom stereocenters. The highest BCUT2D eigenvalue weighted by Gasteiger charge is 2.47. The first-order valence-corrected chi connectivity index (χ1v) is 19.0. The van der Waals surface area contributed by atoms with E-state index in [-0.39, 0.29) is 47.9 Å². The van der Waals surface area contributed by atoms with Crippen LogP contribution in [0.25, 0.3) is 0 Å². The second-order valence-corrected chi connectivity index (χ2v) is 16.4. The number of carbonyl (C=O) groups excluding carboxylic acids is 2. The van der Waals surface area contributed by atoms with Crippen molar-refractivity contribution < 1.29 is 37.7 Å². The second-order valence-electron chi connectivity index (χ2n) is 13.2. The number of amides is 2. The average Bonchev–Trinajstić information content (AvgIpc) is 3.66. The molecule has 4 N–H and O–H groups in total. The van der Waals surface area contributed by atoms with Gasteiger partial charge in [0, 0.05) is 31.2 Å². The molecular weight excluding hydrogens is 657 g/mol. The molecule has 2 saturated heterocycles. The van der Waals surface area contributed by atoms with E-state index in [4.69, 9.17) is 15.2 Å². The number of fused-ring (bicyclic) bond motifs is 1. The van der Waals surface area contributed by atoms with Crippen molar-refractivity contribution in [1.29, 1.82) is 0 Å². The number of carboxylic acid groups (broad SMARTS) is 1. The molecule has 14 heteroatoms. The molecule has 0 spiro atoms. The van der Waals surface area contributed by atoms with Gasteiger partial charge in [0.1, 0.15) is 6.09 Å². The van der Waals surface area contributed by atoms with Crippen LogP contribution in [0.1, 0.15) is 52.0 Å². The van der Waals surface area contributed by atoms with E-state index in [1.165, 1.54) is 28.2 Å². The van der Waals surface area contributed by atoms with Gasteiger partial charge in [-0.1, -0.05) is 75.4 Å². The fourth-order valence-corrected chi connectivity index (χ4v) is 8.75. The van der Waals surface area contributed by atoms with Gasteiger partial charge in [-0.25, -0.2) is 8.42 Å². The largest absolute Gasteiger partial charge is 0.530 e. The van der Waals surface area contributed by atoms with Crippen LogP contribution in [0.2, 0.25) is 0 Å². The van der Waals surface area contributed by atoms with Gasteiger partial charge in [0.15, 0.2) is 6.29 Å². The van der Waals surface area contributed by atoms with Crippen LogP contribution in [0.3, 0.4) is 0 Å². The number of nitrogen functional groups attached to an aromatic ring is 1. The van der Waals surface area contributed by atoms with Crippen molar-refractivity contribution in [2.75, 3.05) is 44.3 Å². The maximum absolute atomic E-state index is 14.2. The van der Waals surface area contributed by atoms with E-state index in [2.05, 4.69) is 5.32 Å². The minimum Gasteiger partial charge on any atom is -0.530 e. The Morgan fingerprint density at radius 3 is 2.58 bits per heavy atom. The van der Waals surface area contributed by atoms with Crippen LogP contribution < -0.4 is 16.2 Å². The van der Waals surface area contributed by atoms with Crippen LogP contribution in [-0.4, -0.2) is 97.1 Å². The molecule has 0 bridgehead atoms. The van der Waals surface area contributed by atoms with E-state index < -0.39 is 46.0 Å². The van der Waals surface area contributed by atoms with Gasteiger partial charge in [-0.05, 0) is 60.6 Å². The van der Waals surface area contributed by atoms with Gasteiger partial charge in [-0.15, -0.1) is 0 Å². The number of carbonyl (C=O) groups is 2. The number of nitrogens with zero attached hydrogens (tertiary/aromatic N) is 2. The zero-order valence-electron chi connectivity index (χ0n) is 28.0. The molecule has 2 aromatic carbocycles. The number of benzene rings is 2. The highest BCUT2D eigenvalue weighted by Crippen LogP contribution is 2.36. The van der Waals surface area contributed by atoms with Crippen molar-refractivity contribution in [3.63, 3.8) is 0 Å². The summed E-state index contributed by atoms with van der Waals surface area (Å²) < 4.78 is 41.1. The van der Waals surface area contributed by atoms with Gasteiger partial charge in [-0.2, -0.15) is 4.31 Å². The average molecular weight is 706 g/mol. The molecule has 0 unspecified atom stereocenters. The fourth-order valence-electron chi connectivity index (χ4n) is 6.58. The number of thioether (sulfide) groups is 1. The minimum absolute atomic E-state index is 0.0202. The molecule has 2 aliphatic heterocycles. The summed E-state index contributed by atoms with van der Waals surface area (Å²) in [7, 11) is -4.18. The number of ether oxygens (including phenoxy) is 2. The van der Waals surface area contributed by atoms with E-state index in [0.29, 0.717) is 31.7 Å². The molecule has 2 aliphatic rings. The van der Waals surface area contributed by atoms with Crippen LogP contribution in [0.4, 0.5) is 15.3 Å². The number of hydrogen-bond acceptors (Lipinski definition) is 10. The molecule has 2 aromatic rings. The Morgan fingerprint density at radius 1 is 1.15 bits per heavy atom. The summed E-state index contributed by atoms with van der Waals surface area (Å²) in [6.45, 7) is 6.54. The molecule has 0 radical (unpaired) electrons. The van der Waals surface area contributed by atoms with Crippen molar-refractivity contribution in [1.82, 2.24) is 14.5 Å². The molecular formula is C34H49N4O8S2-. The van der Waals surface area contributed by atoms with E-state index >= 15 is 0 Å². The highest BCUT2D eigenvalue weighted by molar-refractivity contribution is 8.13. The summed E-state index contributed by atoms with van der Waals surface area (Å²) >= 11 is 1.22. The van der Waals surface area contributed by atoms with E-state index in [0.717, 1.165) is 23.3 Å². The first-order valence-electron chi connectivity index (χ1n) is 16.5. The Labute approximate surface area is 288 Å². The third kappa shape index (κ3) is 10.1. The number of aliphatic hydroxyl groups is 1. The number of aliphatic hydroxyl groups excluding tert-OH is 1. The molecule has 2 amide bonds. The number of anilines is 1. The minimum atomic E-state index is -4.18. The molecule has 0 saturated carbocycles. The van der Waals surface area contributed by atoms with Crippen molar-refractivity contribution in [2.24, 2.45) is 11.3 Å². The van der Waals surface area contributed by atoms with Gasteiger partial charge in [0.25, 0.3) is 5.24 Å². The normalized spacial score (nSPS) is 20.7. The van der Waals surface area contributed by atoms with E-state index in [1.54, 1.807) is 12.1 Å². The third-order valence-electron chi connectivity index (χ3n) is 8.98. The standard InChI is InChI=1S/C34H50N4O8S2/c1-4-47-32(40)36-17-9-8-16-34(2,3)23-37(48(43,44)26-14-10-13-25(35)20-26)21-30(39)28(19-24-11-6-5-7-12-24)38(33(41)42)29-22-46-31-27(29)15-18-45-31/h5-7,10-14,20,27-31,39H,4,8-9,15-19,21-23,35H2,1-3H3,(H,36,40)(H,41,42)/p-1/t27-,28-,29-,30+,31+/m0/s1. The molecule has 0 aliphatic carbocycles. The van der Waals surface area contributed by atoms with Crippen molar-refractivity contribution in [3.05, 3.63) is 60.2 Å². The maximum atomic E-state index is 14.2. The van der Waals surface area contributed by atoms with E-state index in [1.807, 2.05) is 51.1 Å². The van der Waals surface area contributed by atoms with Gasteiger partial charge in [-0.3, -0.25) is 4.79 Å². The zero-order valence-corrected chi connectivity index (χ0v) is 29.6. The topological polar surface area (TPSA) is 175 Å². The lowest BCUT2D eigenvalue weighted by atomic mass is 9.87. The molecule has 0 aromatic heterocycles. The van der Waals surface area contributed by atoms with Gasteiger partial charge >= 0.3 is 0 Å². The molecule has 2 heterocycles. The summed E-state index contributed by atoms with van der Waals surface area (Å²) in [6.07, 6.45) is -0.607. The van der Waals surface area contributed by atoms with Crippen LogP contribution in [-0.2, 0) is 25.9 Å². The fraction of sp³-hybridized carbons (Fsp3) is 0.588. The first-order chi connectivity index (χ1) is 22.8. The lowest BCUT2D eigenvalue weighted by molar-refractivity contribution is -0.273. The second kappa shape index (κ2) is 17.2. The number of hydrogen-bond donors (Lipinski definition) is 3. The van der Waals surface area contributed by atoms with Gasteiger partial charge < -0.3 is 40.4 Å².